The second kappa shape index (κ2) is 5.83. The molecule has 4 rings (SSSR count). The third kappa shape index (κ3) is 2.31. The number of allylic oxidation sites excluding steroid dienone is 1. The van der Waals surface area contributed by atoms with Crippen molar-refractivity contribution in [3.05, 3.63) is 11.6 Å². The van der Waals surface area contributed by atoms with E-state index in [2.05, 4.69) is 12.8 Å². The Morgan fingerprint density at radius 1 is 1.20 bits per heavy atom. The first kappa shape index (κ1) is 17.1. The molecule has 0 aromatic rings. The van der Waals surface area contributed by atoms with Crippen LogP contribution in [0.1, 0.15) is 71.6 Å². The van der Waals surface area contributed by atoms with Gasteiger partial charge in [0, 0.05) is 24.2 Å². The molecule has 0 aromatic heterocycles. The zero-order valence-electron chi connectivity index (χ0n) is 15.6. The lowest BCUT2D eigenvalue weighted by atomic mass is 9.45. The molecule has 4 aliphatic carbocycles. The van der Waals surface area contributed by atoms with Gasteiger partial charge in [0.25, 0.3) is 0 Å². The highest BCUT2D eigenvalue weighted by molar-refractivity contribution is 5.91. The molecule has 0 saturated heterocycles. The van der Waals surface area contributed by atoms with Gasteiger partial charge in [-0.2, -0.15) is 0 Å². The average Bonchev–Trinajstić information content (AvgIpc) is 2.93. The first-order chi connectivity index (χ1) is 11.9. The molecule has 2 heteroatoms. The second-order valence-electron chi connectivity index (χ2n) is 9.37. The first-order valence-electron chi connectivity index (χ1n) is 10.1. The van der Waals surface area contributed by atoms with Crippen LogP contribution in [0.4, 0.5) is 0 Å². The summed E-state index contributed by atoms with van der Waals surface area (Å²) in [5.41, 5.74) is 1.62. The predicted molar refractivity (Wildman–Crippen MR) is 98.7 cm³/mol. The van der Waals surface area contributed by atoms with E-state index in [9.17, 15) is 9.59 Å². The Labute approximate surface area is 151 Å². The summed E-state index contributed by atoms with van der Waals surface area (Å²) < 4.78 is 0. The van der Waals surface area contributed by atoms with Gasteiger partial charge in [0.15, 0.2) is 5.78 Å². The minimum Gasteiger partial charge on any atom is -0.300 e. The highest BCUT2D eigenvalue weighted by atomic mass is 16.1. The zero-order valence-corrected chi connectivity index (χ0v) is 15.6. The van der Waals surface area contributed by atoms with Crippen molar-refractivity contribution >= 4 is 11.6 Å². The van der Waals surface area contributed by atoms with E-state index < -0.39 is 0 Å². The van der Waals surface area contributed by atoms with Gasteiger partial charge in [-0.1, -0.05) is 12.5 Å². The topological polar surface area (TPSA) is 34.1 Å². The van der Waals surface area contributed by atoms with E-state index in [0.29, 0.717) is 35.7 Å². The first-order valence-corrected chi connectivity index (χ1v) is 10.1. The minimum atomic E-state index is 0.0707. The number of ketones is 2. The molecule has 0 unspecified atom stereocenters. The number of rotatable bonds is 2. The van der Waals surface area contributed by atoms with Gasteiger partial charge < -0.3 is 0 Å². The quantitative estimate of drug-likeness (QED) is 0.682. The molecule has 25 heavy (non-hydrogen) atoms. The maximum Gasteiger partial charge on any atom is 0.155 e. The van der Waals surface area contributed by atoms with Crippen LogP contribution in [-0.4, -0.2) is 11.6 Å². The highest BCUT2D eigenvalue weighted by Gasteiger charge is 2.60. The summed E-state index contributed by atoms with van der Waals surface area (Å²) in [6, 6.07) is 0. The molecule has 6 atom stereocenters. The molecule has 134 valence electrons. The molecule has 3 saturated carbocycles. The monoisotopic (exact) mass is 338 g/mol. The second-order valence-corrected chi connectivity index (χ2v) is 9.37. The maximum atomic E-state index is 12.2. The fraction of sp³-hybridized carbons (Fsp3) is 0.739. The van der Waals surface area contributed by atoms with Crippen molar-refractivity contribution in [2.24, 2.45) is 34.5 Å². The fourth-order valence-corrected chi connectivity index (χ4v) is 7.54. The zero-order chi connectivity index (χ0) is 17.8. The number of hydrogen-bond donors (Lipinski definition) is 0. The smallest absolute Gasteiger partial charge is 0.155 e. The number of carbonyl (C=O) groups is 2. The van der Waals surface area contributed by atoms with Crippen LogP contribution < -0.4 is 0 Å². The van der Waals surface area contributed by atoms with Gasteiger partial charge in [-0.3, -0.25) is 9.59 Å². The Bertz CT molecular complexity index is 681. The van der Waals surface area contributed by atoms with E-state index in [-0.39, 0.29) is 16.7 Å². The van der Waals surface area contributed by atoms with Gasteiger partial charge in [-0.15, -0.1) is 12.3 Å². The Morgan fingerprint density at radius 2 is 2.00 bits per heavy atom. The highest BCUT2D eigenvalue weighted by Crippen LogP contribution is 2.67. The van der Waals surface area contributed by atoms with Crippen molar-refractivity contribution < 1.29 is 9.59 Å². The minimum absolute atomic E-state index is 0.0707. The lowest BCUT2D eigenvalue weighted by Gasteiger charge is -2.58. The van der Waals surface area contributed by atoms with Gasteiger partial charge in [0.05, 0.1) is 0 Å². The Balaban J connectivity index is 1.71. The van der Waals surface area contributed by atoms with Gasteiger partial charge in [-0.05, 0) is 81.1 Å². The van der Waals surface area contributed by atoms with Crippen LogP contribution in [0, 0.1) is 46.8 Å². The van der Waals surface area contributed by atoms with E-state index >= 15 is 0 Å². The third-order valence-corrected chi connectivity index (χ3v) is 8.59. The van der Waals surface area contributed by atoms with Crippen LogP contribution >= 0.6 is 0 Å². The fourth-order valence-electron chi connectivity index (χ4n) is 7.54. The Kier molecular flexibility index (Phi) is 3.98. The Hall–Kier alpha value is -1.36. The number of fused-ring (bicyclic) bond motifs is 5. The Morgan fingerprint density at radius 3 is 2.72 bits per heavy atom. The van der Waals surface area contributed by atoms with Crippen LogP contribution in [0.3, 0.4) is 0 Å². The van der Waals surface area contributed by atoms with Crippen molar-refractivity contribution in [2.75, 3.05) is 0 Å². The largest absolute Gasteiger partial charge is 0.300 e. The van der Waals surface area contributed by atoms with Crippen molar-refractivity contribution in [1.82, 2.24) is 0 Å². The molecule has 0 bridgehead atoms. The van der Waals surface area contributed by atoms with E-state index in [1.807, 2.05) is 6.08 Å². The molecule has 0 radical (unpaired) electrons. The molecular weight excluding hydrogens is 308 g/mol. The van der Waals surface area contributed by atoms with Crippen LogP contribution in [-0.2, 0) is 9.59 Å². The van der Waals surface area contributed by atoms with Crippen LogP contribution in [0.25, 0.3) is 0 Å². The molecule has 0 aliphatic heterocycles. The van der Waals surface area contributed by atoms with Crippen LogP contribution in [0.15, 0.2) is 11.6 Å². The molecule has 2 nitrogen and oxygen atoms in total. The summed E-state index contributed by atoms with van der Waals surface area (Å²) in [6.45, 7) is 4.18. The van der Waals surface area contributed by atoms with Crippen molar-refractivity contribution in [3.8, 4) is 12.3 Å². The van der Waals surface area contributed by atoms with E-state index in [0.717, 1.165) is 32.1 Å². The molecular formula is C23H30O2. The average molecular weight is 338 g/mol. The summed E-state index contributed by atoms with van der Waals surface area (Å²) in [5.74, 6) is 5.86. The van der Waals surface area contributed by atoms with E-state index in [1.165, 1.54) is 24.8 Å². The van der Waals surface area contributed by atoms with Crippen molar-refractivity contribution in [3.63, 3.8) is 0 Å². The summed E-state index contributed by atoms with van der Waals surface area (Å²) in [5, 5.41) is 0. The van der Waals surface area contributed by atoms with Gasteiger partial charge >= 0.3 is 0 Å². The standard InChI is InChI=1S/C23H30O2/c1-4-11-23-13-9-17(25)14-16(23)5-6-18-20-8-7-19(15(2)24)22(20,3)12-10-21(18)23/h1,14,18-21H,5-13H2,2-3H3/t18-,19+,20-,21-,22+,23-/m0/s1. The van der Waals surface area contributed by atoms with Gasteiger partial charge in [0.2, 0.25) is 0 Å². The summed E-state index contributed by atoms with van der Waals surface area (Å²) in [6.07, 6.45) is 17.0. The predicted octanol–water partition coefficient (Wildman–Crippen LogP) is 4.73. The lowest BCUT2D eigenvalue weighted by Crippen LogP contribution is -2.52. The molecule has 0 aromatic carbocycles. The van der Waals surface area contributed by atoms with E-state index in [4.69, 9.17) is 6.42 Å². The van der Waals surface area contributed by atoms with Crippen LogP contribution in [0.5, 0.6) is 0 Å². The number of Topliss-reactive ketones (excluding diaryl/α,β-unsaturated/α-hetero) is 1. The maximum absolute atomic E-state index is 12.2. The van der Waals surface area contributed by atoms with Crippen molar-refractivity contribution in [2.45, 2.75) is 71.6 Å². The molecule has 4 aliphatic rings. The number of hydrogen-bond acceptors (Lipinski definition) is 2. The summed E-state index contributed by atoms with van der Waals surface area (Å²) in [7, 11) is 0. The normalized spacial score (nSPS) is 45.6. The summed E-state index contributed by atoms with van der Waals surface area (Å²) in [4.78, 5) is 24.2. The molecule has 3 fully saturated rings. The van der Waals surface area contributed by atoms with Gasteiger partial charge in [-0.25, -0.2) is 0 Å². The molecule has 0 N–H and O–H groups in total. The molecule has 0 heterocycles. The van der Waals surface area contributed by atoms with E-state index in [1.54, 1.807) is 6.92 Å². The lowest BCUT2D eigenvalue weighted by molar-refractivity contribution is -0.128. The van der Waals surface area contributed by atoms with Crippen molar-refractivity contribution in [1.29, 1.82) is 0 Å². The summed E-state index contributed by atoms with van der Waals surface area (Å²) >= 11 is 0. The molecule has 0 amide bonds. The number of terminal acetylenes is 1. The van der Waals surface area contributed by atoms with Crippen LogP contribution in [0.2, 0.25) is 0 Å². The SMILES string of the molecule is C#CC[C@]12CCC(=O)C=C1CC[C@@H]1[C@@H]2CC[C@]2(C)[C@@H](C(C)=O)CC[C@@H]12. The number of carbonyl (C=O) groups excluding carboxylic acids is 2. The third-order valence-electron chi connectivity index (χ3n) is 8.59. The van der Waals surface area contributed by atoms with Gasteiger partial charge in [0.1, 0.15) is 5.78 Å². The molecule has 0 spiro atoms.